The molecular weight excluding hydrogens is 208 g/mol. The Balaban J connectivity index is 2.51. The third kappa shape index (κ3) is 3.43. The van der Waals surface area contributed by atoms with Gasteiger partial charge in [0.25, 0.3) is 0 Å². The number of aliphatic hydroxyl groups excluding tert-OH is 1. The van der Waals surface area contributed by atoms with Crippen molar-refractivity contribution >= 4 is 5.91 Å². The number of ether oxygens (including phenoxy) is 1. The summed E-state index contributed by atoms with van der Waals surface area (Å²) < 4.78 is 4.96. The molecule has 0 aromatic rings. The summed E-state index contributed by atoms with van der Waals surface area (Å²) in [5.74, 6) is 0.451. The van der Waals surface area contributed by atoms with Crippen LogP contribution in [-0.2, 0) is 9.53 Å². The lowest BCUT2D eigenvalue weighted by molar-refractivity contribution is -0.135. The topological polar surface area (TPSA) is 61.8 Å². The average molecular weight is 230 g/mol. The summed E-state index contributed by atoms with van der Waals surface area (Å²) in [7, 11) is 1.61. The molecule has 94 valence electrons. The fourth-order valence-electron chi connectivity index (χ4n) is 2.02. The number of hydrogen-bond donors (Lipinski definition) is 2. The SMILES string of the molecule is COCCN(CCO)C(=O)C1NCCC1C. The molecule has 5 heteroatoms. The summed E-state index contributed by atoms with van der Waals surface area (Å²) in [6, 6.07) is -0.0941. The van der Waals surface area contributed by atoms with Crippen LogP contribution in [0.1, 0.15) is 13.3 Å². The Morgan fingerprint density at radius 1 is 1.56 bits per heavy atom. The molecule has 1 aliphatic rings. The molecule has 0 saturated carbocycles. The normalized spacial score (nSPS) is 24.7. The highest BCUT2D eigenvalue weighted by atomic mass is 16.5. The number of methoxy groups -OCH3 is 1. The van der Waals surface area contributed by atoms with Gasteiger partial charge in [-0.3, -0.25) is 4.79 Å². The molecule has 1 rings (SSSR count). The number of amides is 1. The maximum atomic E-state index is 12.1. The largest absolute Gasteiger partial charge is 0.395 e. The van der Waals surface area contributed by atoms with Gasteiger partial charge in [-0.15, -0.1) is 0 Å². The van der Waals surface area contributed by atoms with Crippen molar-refractivity contribution in [3.8, 4) is 0 Å². The first-order valence-corrected chi connectivity index (χ1v) is 5.82. The van der Waals surface area contributed by atoms with Crippen LogP contribution >= 0.6 is 0 Å². The lowest BCUT2D eigenvalue weighted by Gasteiger charge is -2.26. The van der Waals surface area contributed by atoms with Crippen molar-refractivity contribution in [1.29, 1.82) is 0 Å². The molecule has 0 radical (unpaired) electrons. The molecule has 0 spiro atoms. The zero-order chi connectivity index (χ0) is 12.0. The standard InChI is InChI=1S/C11H22N2O3/c1-9-3-4-12-10(9)11(15)13(5-7-14)6-8-16-2/h9-10,12,14H,3-8H2,1-2H3. The van der Waals surface area contributed by atoms with Gasteiger partial charge in [0.15, 0.2) is 0 Å². The number of hydrogen-bond acceptors (Lipinski definition) is 4. The zero-order valence-corrected chi connectivity index (χ0v) is 10.1. The molecule has 1 aliphatic heterocycles. The van der Waals surface area contributed by atoms with Gasteiger partial charge in [-0.1, -0.05) is 6.92 Å². The van der Waals surface area contributed by atoms with Crippen LogP contribution in [0.5, 0.6) is 0 Å². The molecule has 1 fully saturated rings. The smallest absolute Gasteiger partial charge is 0.240 e. The predicted molar refractivity (Wildman–Crippen MR) is 61.1 cm³/mol. The van der Waals surface area contributed by atoms with E-state index >= 15 is 0 Å². The Hall–Kier alpha value is -0.650. The number of nitrogens with zero attached hydrogens (tertiary/aromatic N) is 1. The van der Waals surface area contributed by atoms with E-state index in [0.717, 1.165) is 13.0 Å². The van der Waals surface area contributed by atoms with Gasteiger partial charge in [0.2, 0.25) is 5.91 Å². The maximum Gasteiger partial charge on any atom is 0.240 e. The number of nitrogens with one attached hydrogen (secondary N) is 1. The highest BCUT2D eigenvalue weighted by Gasteiger charge is 2.32. The molecule has 2 unspecified atom stereocenters. The predicted octanol–water partition coefficient (Wildman–Crippen LogP) is -0.548. The van der Waals surface area contributed by atoms with E-state index in [-0.39, 0.29) is 18.6 Å². The fourth-order valence-corrected chi connectivity index (χ4v) is 2.02. The lowest BCUT2D eigenvalue weighted by atomic mass is 10.0. The van der Waals surface area contributed by atoms with Gasteiger partial charge in [-0.2, -0.15) is 0 Å². The highest BCUT2D eigenvalue weighted by Crippen LogP contribution is 2.16. The second-order valence-electron chi connectivity index (χ2n) is 4.24. The van der Waals surface area contributed by atoms with Crippen molar-refractivity contribution in [2.45, 2.75) is 19.4 Å². The van der Waals surface area contributed by atoms with Gasteiger partial charge in [-0.05, 0) is 18.9 Å². The minimum atomic E-state index is -0.0941. The highest BCUT2D eigenvalue weighted by molar-refractivity contribution is 5.82. The van der Waals surface area contributed by atoms with Crippen LogP contribution < -0.4 is 5.32 Å². The average Bonchev–Trinajstić information content (AvgIpc) is 2.69. The Kier molecular flexibility index (Phi) is 5.73. The Morgan fingerprint density at radius 3 is 2.81 bits per heavy atom. The van der Waals surface area contributed by atoms with E-state index in [2.05, 4.69) is 12.2 Å². The van der Waals surface area contributed by atoms with Crippen LogP contribution in [0.4, 0.5) is 0 Å². The molecular formula is C11H22N2O3. The Labute approximate surface area is 96.8 Å². The van der Waals surface area contributed by atoms with Crippen LogP contribution in [-0.4, -0.2) is 61.9 Å². The molecule has 1 heterocycles. The summed E-state index contributed by atoms with van der Waals surface area (Å²) in [4.78, 5) is 13.8. The zero-order valence-electron chi connectivity index (χ0n) is 10.1. The van der Waals surface area contributed by atoms with E-state index in [1.165, 1.54) is 0 Å². The van der Waals surface area contributed by atoms with E-state index in [1.54, 1.807) is 12.0 Å². The first kappa shape index (κ1) is 13.4. The minimum absolute atomic E-state index is 0.00342. The third-order valence-electron chi connectivity index (χ3n) is 3.05. The fraction of sp³-hybridized carbons (Fsp3) is 0.909. The van der Waals surface area contributed by atoms with Gasteiger partial charge >= 0.3 is 0 Å². The molecule has 2 N–H and O–H groups in total. The number of carbonyl (C=O) groups excluding carboxylic acids is 1. The van der Waals surface area contributed by atoms with E-state index in [1.807, 2.05) is 0 Å². The van der Waals surface area contributed by atoms with Crippen molar-refractivity contribution in [3.05, 3.63) is 0 Å². The Bertz CT molecular complexity index is 223. The molecule has 0 aromatic heterocycles. The number of rotatable bonds is 6. The minimum Gasteiger partial charge on any atom is -0.395 e. The van der Waals surface area contributed by atoms with Crippen LogP contribution in [0, 0.1) is 5.92 Å². The first-order chi connectivity index (χ1) is 7.70. The number of aliphatic hydroxyl groups is 1. The molecule has 0 bridgehead atoms. The van der Waals surface area contributed by atoms with Crippen LogP contribution in [0.2, 0.25) is 0 Å². The molecule has 0 aliphatic carbocycles. The van der Waals surface area contributed by atoms with E-state index < -0.39 is 0 Å². The molecule has 16 heavy (non-hydrogen) atoms. The molecule has 5 nitrogen and oxygen atoms in total. The number of carbonyl (C=O) groups is 1. The van der Waals surface area contributed by atoms with Gasteiger partial charge in [0, 0.05) is 20.2 Å². The van der Waals surface area contributed by atoms with Crippen molar-refractivity contribution < 1.29 is 14.6 Å². The summed E-state index contributed by atoms with van der Waals surface area (Å²) in [5.41, 5.74) is 0. The van der Waals surface area contributed by atoms with E-state index in [0.29, 0.717) is 25.6 Å². The van der Waals surface area contributed by atoms with Gasteiger partial charge in [-0.25, -0.2) is 0 Å². The van der Waals surface area contributed by atoms with Crippen molar-refractivity contribution in [2.75, 3.05) is 40.0 Å². The molecule has 2 atom stereocenters. The van der Waals surface area contributed by atoms with Crippen molar-refractivity contribution in [2.24, 2.45) is 5.92 Å². The molecule has 1 saturated heterocycles. The van der Waals surface area contributed by atoms with Crippen LogP contribution in [0.3, 0.4) is 0 Å². The van der Waals surface area contributed by atoms with E-state index in [4.69, 9.17) is 9.84 Å². The van der Waals surface area contributed by atoms with Crippen LogP contribution in [0.25, 0.3) is 0 Å². The second kappa shape index (κ2) is 6.83. The summed E-state index contributed by atoms with van der Waals surface area (Å²) in [5, 5.41) is 12.1. The van der Waals surface area contributed by atoms with Crippen molar-refractivity contribution in [3.63, 3.8) is 0 Å². The summed E-state index contributed by atoms with van der Waals surface area (Å²) in [6.45, 7) is 4.40. The second-order valence-corrected chi connectivity index (χ2v) is 4.24. The first-order valence-electron chi connectivity index (χ1n) is 5.82. The van der Waals surface area contributed by atoms with Gasteiger partial charge in [0.05, 0.1) is 19.3 Å². The molecule has 0 aromatic carbocycles. The van der Waals surface area contributed by atoms with Gasteiger partial charge in [0.1, 0.15) is 0 Å². The molecule has 1 amide bonds. The van der Waals surface area contributed by atoms with Crippen LogP contribution in [0.15, 0.2) is 0 Å². The quantitative estimate of drug-likeness (QED) is 0.643. The van der Waals surface area contributed by atoms with Crippen molar-refractivity contribution in [1.82, 2.24) is 10.2 Å². The van der Waals surface area contributed by atoms with E-state index in [9.17, 15) is 4.79 Å². The summed E-state index contributed by atoms with van der Waals surface area (Å²) in [6.07, 6.45) is 1.04. The lowest BCUT2D eigenvalue weighted by Crippen LogP contribution is -2.48. The maximum absolute atomic E-state index is 12.1. The monoisotopic (exact) mass is 230 g/mol. The van der Waals surface area contributed by atoms with Gasteiger partial charge < -0.3 is 20.1 Å². The Morgan fingerprint density at radius 2 is 2.31 bits per heavy atom. The third-order valence-corrected chi connectivity index (χ3v) is 3.05. The summed E-state index contributed by atoms with van der Waals surface area (Å²) >= 11 is 0.